The molecule has 0 saturated carbocycles. The highest BCUT2D eigenvalue weighted by molar-refractivity contribution is 5.81. The minimum absolute atomic E-state index is 0.00529. The number of nitrogens with zero attached hydrogens (tertiary/aromatic N) is 2. The van der Waals surface area contributed by atoms with E-state index in [1.54, 1.807) is 11.8 Å². The Balaban J connectivity index is 2.04. The van der Waals surface area contributed by atoms with Crippen LogP contribution in [0.3, 0.4) is 0 Å². The van der Waals surface area contributed by atoms with Crippen molar-refractivity contribution in [2.75, 3.05) is 33.4 Å². The quantitative estimate of drug-likeness (QED) is 0.867. The number of hydrogen-bond donors (Lipinski definition) is 1. The molecule has 21 heavy (non-hydrogen) atoms. The predicted octanol–water partition coefficient (Wildman–Crippen LogP) is 0.736. The maximum atomic E-state index is 12.3. The average Bonchev–Trinajstić information content (AvgIpc) is 2.50. The summed E-state index contributed by atoms with van der Waals surface area (Å²) in [4.78, 5) is 18.6. The molecule has 1 amide bonds. The van der Waals surface area contributed by atoms with Crippen molar-refractivity contribution in [2.45, 2.75) is 26.5 Å². The fourth-order valence-corrected chi connectivity index (χ4v) is 2.28. The number of amides is 1. The van der Waals surface area contributed by atoms with Gasteiger partial charge in [-0.2, -0.15) is 0 Å². The van der Waals surface area contributed by atoms with Crippen molar-refractivity contribution in [1.29, 1.82) is 0 Å². The molecule has 0 spiro atoms. The molecule has 0 radical (unpaired) electrons. The van der Waals surface area contributed by atoms with Crippen LogP contribution in [-0.2, 0) is 16.1 Å². The summed E-state index contributed by atoms with van der Waals surface area (Å²) in [5.74, 6) is 0.651. The number of rotatable bonds is 5. The van der Waals surface area contributed by atoms with Crippen molar-refractivity contribution in [3.05, 3.63) is 23.5 Å². The predicted molar refractivity (Wildman–Crippen MR) is 79.2 cm³/mol. The van der Waals surface area contributed by atoms with E-state index in [0.29, 0.717) is 38.6 Å². The lowest BCUT2D eigenvalue weighted by Gasteiger charge is -2.29. The molecule has 1 fully saturated rings. The van der Waals surface area contributed by atoms with Gasteiger partial charge in [0.25, 0.3) is 5.91 Å². The highest BCUT2D eigenvalue weighted by atomic mass is 16.5. The van der Waals surface area contributed by atoms with Gasteiger partial charge in [0.05, 0.1) is 18.9 Å². The first kappa shape index (κ1) is 15.7. The van der Waals surface area contributed by atoms with Gasteiger partial charge in [0, 0.05) is 25.3 Å². The van der Waals surface area contributed by atoms with Crippen LogP contribution in [0, 0.1) is 6.92 Å². The Morgan fingerprint density at radius 3 is 2.86 bits per heavy atom. The maximum absolute atomic E-state index is 12.3. The standard InChI is InChI=1S/C15H23N3O3/c1-11-4-5-14(13(17-11)10-16-3)21-12(2)15(19)18-6-8-20-9-7-18/h4-5,12,16H,6-10H2,1-3H3. The third-order valence-corrected chi connectivity index (χ3v) is 3.39. The lowest BCUT2D eigenvalue weighted by atomic mass is 10.2. The van der Waals surface area contributed by atoms with E-state index in [-0.39, 0.29) is 5.91 Å². The van der Waals surface area contributed by atoms with Crippen LogP contribution in [0.1, 0.15) is 18.3 Å². The van der Waals surface area contributed by atoms with E-state index in [0.717, 1.165) is 11.4 Å². The van der Waals surface area contributed by atoms with E-state index in [4.69, 9.17) is 9.47 Å². The van der Waals surface area contributed by atoms with Crippen molar-refractivity contribution in [1.82, 2.24) is 15.2 Å². The number of nitrogens with one attached hydrogen (secondary N) is 1. The summed E-state index contributed by atoms with van der Waals surface area (Å²) in [7, 11) is 1.86. The number of ether oxygens (including phenoxy) is 2. The van der Waals surface area contributed by atoms with Crippen LogP contribution >= 0.6 is 0 Å². The third kappa shape index (κ3) is 4.15. The Bertz CT molecular complexity index is 487. The first-order valence-corrected chi connectivity index (χ1v) is 7.26. The Hall–Kier alpha value is -1.66. The van der Waals surface area contributed by atoms with Gasteiger partial charge in [0.15, 0.2) is 6.10 Å². The van der Waals surface area contributed by atoms with Crippen LogP contribution in [0.4, 0.5) is 0 Å². The van der Waals surface area contributed by atoms with Crippen LogP contribution in [0.25, 0.3) is 0 Å². The largest absolute Gasteiger partial charge is 0.479 e. The molecule has 116 valence electrons. The number of carbonyl (C=O) groups excluding carboxylic acids is 1. The molecule has 2 rings (SSSR count). The third-order valence-electron chi connectivity index (χ3n) is 3.39. The lowest BCUT2D eigenvalue weighted by molar-refractivity contribution is -0.142. The molecule has 2 heterocycles. The number of carbonyl (C=O) groups is 1. The van der Waals surface area contributed by atoms with Crippen LogP contribution in [-0.4, -0.2) is 55.2 Å². The first-order chi connectivity index (χ1) is 10.1. The Kier molecular flexibility index (Phi) is 5.52. The topological polar surface area (TPSA) is 63.7 Å². The van der Waals surface area contributed by atoms with Crippen molar-refractivity contribution >= 4 is 5.91 Å². The summed E-state index contributed by atoms with van der Waals surface area (Å²) in [6.45, 7) is 6.76. The van der Waals surface area contributed by atoms with E-state index >= 15 is 0 Å². The van der Waals surface area contributed by atoms with Gasteiger partial charge in [-0.3, -0.25) is 9.78 Å². The van der Waals surface area contributed by atoms with Gasteiger partial charge >= 0.3 is 0 Å². The number of hydrogen-bond acceptors (Lipinski definition) is 5. The maximum Gasteiger partial charge on any atom is 0.263 e. The number of morpholine rings is 1. The van der Waals surface area contributed by atoms with Gasteiger partial charge in [-0.15, -0.1) is 0 Å². The molecule has 0 aliphatic carbocycles. The molecule has 1 saturated heterocycles. The van der Waals surface area contributed by atoms with E-state index in [9.17, 15) is 4.79 Å². The van der Waals surface area contributed by atoms with Gasteiger partial charge in [-0.25, -0.2) is 0 Å². The normalized spacial score (nSPS) is 16.6. The van der Waals surface area contributed by atoms with Gasteiger partial charge < -0.3 is 19.7 Å². The Morgan fingerprint density at radius 1 is 1.48 bits per heavy atom. The highest BCUT2D eigenvalue weighted by Crippen LogP contribution is 2.19. The zero-order valence-electron chi connectivity index (χ0n) is 12.9. The molecule has 1 aliphatic heterocycles. The summed E-state index contributed by atoms with van der Waals surface area (Å²) in [6.07, 6.45) is -0.525. The number of aromatic nitrogens is 1. The molecule has 1 N–H and O–H groups in total. The zero-order chi connectivity index (χ0) is 15.2. The second-order valence-electron chi connectivity index (χ2n) is 5.13. The van der Waals surface area contributed by atoms with E-state index in [2.05, 4.69) is 10.3 Å². The van der Waals surface area contributed by atoms with Crippen LogP contribution in [0.15, 0.2) is 12.1 Å². The monoisotopic (exact) mass is 293 g/mol. The molecule has 6 nitrogen and oxygen atoms in total. The Labute approximate surface area is 125 Å². The Morgan fingerprint density at radius 2 is 2.19 bits per heavy atom. The van der Waals surface area contributed by atoms with Crippen LogP contribution in [0.5, 0.6) is 5.75 Å². The summed E-state index contributed by atoms with van der Waals surface area (Å²) >= 11 is 0. The van der Waals surface area contributed by atoms with Crippen molar-refractivity contribution in [3.63, 3.8) is 0 Å². The second-order valence-corrected chi connectivity index (χ2v) is 5.13. The summed E-state index contributed by atoms with van der Waals surface area (Å²) < 4.78 is 11.1. The molecule has 1 aliphatic rings. The van der Waals surface area contributed by atoms with Crippen molar-refractivity contribution < 1.29 is 14.3 Å². The van der Waals surface area contributed by atoms with Gasteiger partial charge in [-0.1, -0.05) is 0 Å². The second kappa shape index (κ2) is 7.38. The molecule has 1 aromatic rings. The molecule has 1 unspecified atom stereocenters. The SMILES string of the molecule is CNCc1nc(C)ccc1OC(C)C(=O)N1CCOCC1. The number of aryl methyl sites for hydroxylation is 1. The van der Waals surface area contributed by atoms with Crippen LogP contribution in [0.2, 0.25) is 0 Å². The molecular formula is C15H23N3O3. The average molecular weight is 293 g/mol. The molecule has 0 bridgehead atoms. The fourth-order valence-electron chi connectivity index (χ4n) is 2.28. The molecule has 6 heteroatoms. The molecular weight excluding hydrogens is 270 g/mol. The molecule has 1 aromatic heterocycles. The van der Waals surface area contributed by atoms with Gasteiger partial charge in [0.1, 0.15) is 5.75 Å². The van der Waals surface area contributed by atoms with Crippen LogP contribution < -0.4 is 10.1 Å². The van der Waals surface area contributed by atoms with E-state index < -0.39 is 6.10 Å². The fraction of sp³-hybridized carbons (Fsp3) is 0.600. The van der Waals surface area contributed by atoms with E-state index in [1.807, 2.05) is 26.1 Å². The minimum Gasteiger partial charge on any atom is -0.479 e. The smallest absolute Gasteiger partial charge is 0.263 e. The minimum atomic E-state index is -0.525. The summed E-state index contributed by atoms with van der Waals surface area (Å²) in [6, 6.07) is 3.76. The summed E-state index contributed by atoms with van der Waals surface area (Å²) in [5.41, 5.74) is 1.75. The zero-order valence-corrected chi connectivity index (χ0v) is 12.9. The van der Waals surface area contributed by atoms with Gasteiger partial charge in [-0.05, 0) is 33.0 Å². The van der Waals surface area contributed by atoms with Crippen molar-refractivity contribution in [3.8, 4) is 5.75 Å². The first-order valence-electron chi connectivity index (χ1n) is 7.26. The van der Waals surface area contributed by atoms with Crippen molar-refractivity contribution in [2.24, 2.45) is 0 Å². The highest BCUT2D eigenvalue weighted by Gasteiger charge is 2.24. The lowest BCUT2D eigenvalue weighted by Crippen LogP contribution is -2.46. The van der Waals surface area contributed by atoms with E-state index in [1.165, 1.54) is 0 Å². The molecule has 1 atom stereocenters. The van der Waals surface area contributed by atoms with Gasteiger partial charge in [0.2, 0.25) is 0 Å². The summed E-state index contributed by atoms with van der Waals surface area (Å²) in [5, 5.41) is 3.06. The number of pyridine rings is 1. The molecule has 0 aromatic carbocycles.